The van der Waals surface area contributed by atoms with Crippen LogP contribution in [-0.2, 0) is 6.54 Å². The second-order valence-corrected chi connectivity index (χ2v) is 5.65. The summed E-state index contributed by atoms with van der Waals surface area (Å²) in [6, 6.07) is 3.72. The highest BCUT2D eigenvalue weighted by Crippen LogP contribution is 2.27. The zero-order valence-corrected chi connectivity index (χ0v) is 13.0. The molecule has 1 amide bonds. The van der Waals surface area contributed by atoms with Gasteiger partial charge in [-0.15, -0.1) is 0 Å². The van der Waals surface area contributed by atoms with Crippen molar-refractivity contribution < 1.29 is 4.79 Å². The molecular weight excluding hydrogens is 286 g/mol. The summed E-state index contributed by atoms with van der Waals surface area (Å²) in [7, 11) is 1.94. The average Bonchev–Trinajstić information content (AvgIpc) is 2.88. The molecule has 0 saturated carbocycles. The van der Waals surface area contributed by atoms with Crippen LogP contribution in [0.5, 0.6) is 0 Å². The Labute approximate surface area is 128 Å². The number of nitrogens with two attached hydrogens (primary N) is 1. The molecule has 0 aliphatic heterocycles. The summed E-state index contributed by atoms with van der Waals surface area (Å²) < 4.78 is 0. The predicted molar refractivity (Wildman–Crippen MR) is 85.5 cm³/mol. The minimum Gasteiger partial charge on any atom is -0.382 e. The van der Waals surface area contributed by atoms with Gasteiger partial charge >= 0.3 is 0 Å². The molecule has 0 aliphatic carbocycles. The van der Waals surface area contributed by atoms with E-state index in [2.05, 4.69) is 22.2 Å². The Morgan fingerprint density at radius 3 is 2.81 bits per heavy atom. The lowest BCUT2D eigenvalue weighted by Gasteiger charge is -2.13. The van der Waals surface area contributed by atoms with Gasteiger partial charge in [0.25, 0.3) is 5.91 Å². The number of hydrogen-bond acceptors (Lipinski definition) is 6. The number of nitrogens with one attached hydrogen (secondary N) is 1. The third-order valence-electron chi connectivity index (χ3n) is 2.94. The smallest absolute Gasteiger partial charge is 0.265 e. The van der Waals surface area contributed by atoms with Gasteiger partial charge in [-0.05, 0) is 24.1 Å². The van der Waals surface area contributed by atoms with Crippen LogP contribution in [0.4, 0.5) is 10.9 Å². The zero-order valence-electron chi connectivity index (χ0n) is 12.2. The maximum absolute atomic E-state index is 12.2. The van der Waals surface area contributed by atoms with Crippen molar-refractivity contribution in [2.45, 2.75) is 19.9 Å². The molecule has 21 heavy (non-hydrogen) atoms. The largest absolute Gasteiger partial charge is 0.382 e. The number of carbonyl (C=O) groups excluding carboxylic acids is 1. The number of amides is 1. The Bertz CT molecular complexity index is 599. The van der Waals surface area contributed by atoms with Crippen molar-refractivity contribution in [3.05, 3.63) is 35.0 Å². The summed E-state index contributed by atoms with van der Waals surface area (Å²) in [6.45, 7) is 3.42. The quantitative estimate of drug-likeness (QED) is 0.851. The first kappa shape index (κ1) is 15.2. The van der Waals surface area contributed by atoms with Gasteiger partial charge in [-0.25, -0.2) is 4.98 Å². The molecule has 0 bridgehead atoms. The second kappa shape index (κ2) is 7.03. The van der Waals surface area contributed by atoms with Gasteiger partial charge in [0.05, 0.1) is 0 Å². The summed E-state index contributed by atoms with van der Waals surface area (Å²) in [6.07, 6.45) is 4.40. The molecule has 2 heterocycles. The standard InChI is InChI=1S/C14H19N5OS/c1-3-8-19(2)14-18-12(15)11(21-14)13(20)17-9-10-4-6-16-7-5-10/h4-7H,3,8-9,15H2,1-2H3,(H,17,20). The first-order chi connectivity index (χ1) is 10.1. The number of anilines is 2. The van der Waals surface area contributed by atoms with Gasteiger partial charge in [0, 0.05) is 32.5 Å². The fraction of sp³-hybridized carbons (Fsp3) is 0.357. The normalized spacial score (nSPS) is 10.4. The molecule has 0 saturated heterocycles. The lowest BCUT2D eigenvalue weighted by Crippen LogP contribution is -2.22. The number of rotatable bonds is 6. The van der Waals surface area contributed by atoms with E-state index in [0.29, 0.717) is 11.4 Å². The van der Waals surface area contributed by atoms with Gasteiger partial charge in [0.2, 0.25) is 0 Å². The minimum atomic E-state index is -0.196. The monoisotopic (exact) mass is 305 g/mol. The van der Waals surface area contributed by atoms with Crippen molar-refractivity contribution in [3.8, 4) is 0 Å². The molecule has 0 spiro atoms. The summed E-state index contributed by atoms with van der Waals surface area (Å²) in [4.78, 5) is 22.8. The summed E-state index contributed by atoms with van der Waals surface area (Å²) >= 11 is 1.32. The second-order valence-electron chi connectivity index (χ2n) is 4.67. The van der Waals surface area contributed by atoms with Crippen LogP contribution in [0.3, 0.4) is 0 Å². The number of hydrogen-bond donors (Lipinski definition) is 2. The molecule has 112 valence electrons. The molecule has 0 radical (unpaired) electrons. The van der Waals surface area contributed by atoms with E-state index in [4.69, 9.17) is 5.73 Å². The average molecular weight is 305 g/mol. The molecule has 0 atom stereocenters. The Hall–Kier alpha value is -2.15. The van der Waals surface area contributed by atoms with Crippen molar-refractivity contribution in [1.82, 2.24) is 15.3 Å². The van der Waals surface area contributed by atoms with Crippen LogP contribution in [0.2, 0.25) is 0 Å². The number of carbonyl (C=O) groups is 1. The van der Waals surface area contributed by atoms with Crippen molar-refractivity contribution in [2.75, 3.05) is 24.2 Å². The first-order valence-electron chi connectivity index (χ1n) is 6.76. The molecule has 6 nitrogen and oxygen atoms in total. The van der Waals surface area contributed by atoms with Gasteiger partial charge in [-0.3, -0.25) is 9.78 Å². The van der Waals surface area contributed by atoms with Crippen molar-refractivity contribution in [1.29, 1.82) is 0 Å². The zero-order chi connectivity index (χ0) is 15.2. The topological polar surface area (TPSA) is 84.1 Å². The van der Waals surface area contributed by atoms with E-state index in [-0.39, 0.29) is 11.7 Å². The molecule has 0 unspecified atom stereocenters. The van der Waals surface area contributed by atoms with Crippen LogP contribution in [0.25, 0.3) is 0 Å². The first-order valence-corrected chi connectivity index (χ1v) is 7.58. The molecular formula is C14H19N5OS. The van der Waals surface area contributed by atoms with Gasteiger partial charge in [0.15, 0.2) is 5.13 Å². The van der Waals surface area contributed by atoms with E-state index in [1.807, 2.05) is 24.1 Å². The predicted octanol–water partition coefficient (Wildman–Crippen LogP) is 1.90. The molecule has 3 N–H and O–H groups in total. The summed E-state index contributed by atoms with van der Waals surface area (Å²) in [5.41, 5.74) is 6.84. The van der Waals surface area contributed by atoms with Crippen molar-refractivity contribution in [3.63, 3.8) is 0 Å². The lowest BCUT2D eigenvalue weighted by molar-refractivity contribution is 0.0955. The Kier molecular flexibility index (Phi) is 5.10. The van der Waals surface area contributed by atoms with Gasteiger partial charge in [0.1, 0.15) is 10.7 Å². The van der Waals surface area contributed by atoms with E-state index < -0.39 is 0 Å². The maximum atomic E-state index is 12.2. The van der Waals surface area contributed by atoms with Crippen LogP contribution < -0.4 is 16.0 Å². The highest BCUT2D eigenvalue weighted by Gasteiger charge is 2.17. The Balaban J connectivity index is 2.02. The van der Waals surface area contributed by atoms with Gasteiger partial charge < -0.3 is 16.0 Å². The SMILES string of the molecule is CCCN(C)c1nc(N)c(C(=O)NCc2ccncc2)s1. The van der Waals surface area contributed by atoms with E-state index in [1.165, 1.54) is 11.3 Å². The molecule has 0 aromatic carbocycles. The molecule has 2 rings (SSSR count). The van der Waals surface area contributed by atoms with Crippen LogP contribution in [0, 0.1) is 0 Å². The third-order valence-corrected chi connectivity index (χ3v) is 4.12. The number of nitrogen functional groups attached to an aromatic ring is 1. The van der Waals surface area contributed by atoms with Crippen LogP contribution in [-0.4, -0.2) is 29.5 Å². The summed E-state index contributed by atoms with van der Waals surface area (Å²) in [5.74, 6) is 0.0862. The minimum absolute atomic E-state index is 0.196. The fourth-order valence-electron chi connectivity index (χ4n) is 1.84. The highest BCUT2D eigenvalue weighted by molar-refractivity contribution is 7.18. The van der Waals surface area contributed by atoms with Crippen LogP contribution in [0.1, 0.15) is 28.6 Å². The van der Waals surface area contributed by atoms with Crippen molar-refractivity contribution in [2.24, 2.45) is 0 Å². The highest BCUT2D eigenvalue weighted by atomic mass is 32.1. The molecule has 2 aromatic heterocycles. The van der Waals surface area contributed by atoms with Crippen molar-refractivity contribution >= 4 is 28.2 Å². The molecule has 0 aliphatic rings. The van der Waals surface area contributed by atoms with E-state index >= 15 is 0 Å². The number of thiazole rings is 1. The number of pyridine rings is 1. The summed E-state index contributed by atoms with van der Waals surface area (Å²) in [5, 5.41) is 3.61. The van der Waals surface area contributed by atoms with E-state index in [1.54, 1.807) is 12.4 Å². The lowest BCUT2D eigenvalue weighted by atomic mass is 10.3. The fourth-order valence-corrected chi connectivity index (χ4v) is 2.73. The Morgan fingerprint density at radius 2 is 2.14 bits per heavy atom. The maximum Gasteiger partial charge on any atom is 0.265 e. The number of aromatic nitrogens is 2. The number of nitrogens with zero attached hydrogens (tertiary/aromatic N) is 3. The molecule has 0 fully saturated rings. The van der Waals surface area contributed by atoms with Crippen LogP contribution >= 0.6 is 11.3 Å². The van der Waals surface area contributed by atoms with Crippen LogP contribution in [0.15, 0.2) is 24.5 Å². The molecule has 7 heteroatoms. The third kappa shape index (κ3) is 3.91. The van der Waals surface area contributed by atoms with Gasteiger partial charge in [-0.1, -0.05) is 18.3 Å². The molecule has 2 aromatic rings. The van der Waals surface area contributed by atoms with E-state index in [0.717, 1.165) is 23.7 Å². The Morgan fingerprint density at radius 1 is 1.43 bits per heavy atom. The van der Waals surface area contributed by atoms with Gasteiger partial charge in [-0.2, -0.15) is 0 Å². The van der Waals surface area contributed by atoms with E-state index in [9.17, 15) is 4.79 Å².